The highest BCUT2D eigenvalue weighted by molar-refractivity contribution is 7.92. The van der Waals surface area contributed by atoms with Gasteiger partial charge in [-0.3, -0.25) is 14.3 Å². The van der Waals surface area contributed by atoms with Gasteiger partial charge in [0.1, 0.15) is 10.7 Å². The maximum absolute atomic E-state index is 14.0. The van der Waals surface area contributed by atoms with Crippen molar-refractivity contribution in [2.75, 3.05) is 16.3 Å². The summed E-state index contributed by atoms with van der Waals surface area (Å²) in [6.45, 7) is 0.338. The molecule has 10 nitrogen and oxygen atoms in total. The summed E-state index contributed by atoms with van der Waals surface area (Å²) in [6, 6.07) is 13.4. The Morgan fingerprint density at radius 2 is 1.71 bits per heavy atom. The van der Waals surface area contributed by atoms with Gasteiger partial charge < -0.3 is 10.2 Å². The molecule has 200 valence electrons. The smallest absolute Gasteiger partial charge is 0.286 e. The number of anilines is 2. The summed E-state index contributed by atoms with van der Waals surface area (Å²) >= 11 is 0. The molecule has 1 saturated heterocycles. The summed E-state index contributed by atoms with van der Waals surface area (Å²) in [5.41, 5.74) is 1.14. The number of sulfonamides is 2. The number of hydrogen-bond acceptors (Lipinski definition) is 7. The molecule has 0 spiro atoms. The Morgan fingerprint density at radius 3 is 2.39 bits per heavy atom. The number of hydrogen-bond donors (Lipinski definition) is 2. The number of amidine groups is 1. The van der Waals surface area contributed by atoms with Crippen LogP contribution in [0.15, 0.2) is 57.8 Å². The van der Waals surface area contributed by atoms with Crippen molar-refractivity contribution in [3.63, 3.8) is 0 Å². The number of benzene rings is 2. The number of rotatable bonds is 5. The minimum absolute atomic E-state index is 0.0650. The van der Waals surface area contributed by atoms with Gasteiger partial charge in [-0.1, -0.05) is 30.3 Å². The highest BCUT2D eigenvalue weighted by Gasteiger charge is 2.58. The molecule has 1 amide bonds. The van der Waals surface area contributed by atoms with Crippen molar-refractivity contribution < 1.29 is 26.4 Å². The van der Waals surface area contributed by atoms with E-state index in [2.05, 4.69) is 14.4 Å². The number of likely N-dealkylation sites (tertiary alicyclic amines) is 1. The number of piperidine rings is 1. The van der Waals surface area contributed by atoms with Gasteiger partial charge in [-0.05, 0) is 61.3 Å². The number of nitrogens with one attached hydrogen (secondary N) is 2. The average Bonchev–Trinajstić information content (AvgIpc) is 2.87. The third-order valence-corrected chi connectivity index (χ3v) is 10.1. The standard InChI is InChI=1S/C26H28N4O6S2/c1-37(33,34)28-18-11-12-19-20(13-18)38(35,36)29-25(27-19)22-24(31)21-16-7-9-17(10-8-16)23(21)30(26(22)32)14-15-5-3-2-4-6-15/h2-6,11-13,16-17,21-23,28H,7-10,14H2,1H3,(H,27,29). The van der Waals surface area contributed by atoms with Crippen molar-refractivity contribution >= 4 is 48.9 Å². The molecule has 2 aromatic carbocycles. The fourth-order valence-electron chi connectivity index (χ4n) is 6.69. The minimum Gasteiger partial charge on any atom is -0.341 e. The molecule has 38 heavy (non-hydrogen) atoms. The van der Waals surface area contributed by atoms with E-state index >= 15 is 0 Å². The van der Waals surface area contributed by atoms with Gasteiger partial charge in [-0.25, -0.2) is 8.42 Å². The first-order chi connectivity index (χ1) is 18.0. The first kappa shape index (κ1) is 25.1. The summed E-state index contributed by atoms with van der Waals surface area (Å²) < 4.78 is 55.8. The zero-order valence-electron chi connectivity index (χ0n) is 20.7. The van der Waals surface area contributed by atoms with Crippen LogP contribution in [0, 0.1) is 23.7 Å². The first-order valence-electron chi connectivity index (χ1n) is 12.6. The van der Waals surface area contributed by atoms with E-state index in [-0.39, 0.29) is 51.7 Å². The zero-order valence-corrected chi connectivity index (χ0v) is 22.3. The molecule has 12 heteroatoms. The van der Waals surface area contributed by atoms with Crippen molar-refractivity contribution in [3.05, 3.63) is 54.1 Å². The highest BCUT2D eigenvalue weighted by atomic mass is 32.2. The minimum atomic E-state index is -4.31. The van der Waals surface area contributed by atoms with Gasteiger partial charge in [0.15, 0.2) is 11.7 Å². The largest absolute Gasteiger partial charge is 0.341 e. The van der Waals surface area contributed by atoms with Crippen molar-refractivity contribution in [1.29, 1.82) is 0 Å². The molecule has 0 radical (unpaired) electrons. The van der Waals surface area contributed by atoms with Crippen LogP contribution in [0.3, 0.4) is 0 Å². The lowest BCUT2D eigenvalue weighted by Crippen LogP contribution is -2.66. The maximum atomic E-state index is 14.0. The van der Waals surface area contributed by atoms with Gasteiger partial charge in [-0.15, -0.1) is 4.40 Å². The third kappa shape index (κ3) is 4.29. The predicted molar refractivity (Wildman–Crippen MR) is 141 cm³/mol. The monoisotopic (exact) mass is 556 g/mol. The lowest BCUT2D eigenvalue weighted by atomic mass is 9.57. The molecule has 4 fully saturated rings. The van der Waals surface area contributed by atoms with Gasteiger partial charge in [0.05, 0.1) is 11.9 Å². The van der Waals surface area contributed by atoms with Crippen LogP contribution >= 0.6 is 0 Å². The Morgan fingerprint density at radius 1 is 1.03 bits per heavy atom. The van der Waals surface area contributed by atoms with Crippen LogP contribution < -0.4 is 10.0 Å². The van der Waals surface area contributed by atoms with E-state index in [4.69, 9.17) is 0 Å². The van der Waals surface area contributed by atoms with Crippen LogP contribution in [0.5, 0.6) is 0 Å². The molecular weight excluding hydrogens is 528 g/mol. The number of amides is 1. The number of ketones is 1. The second-order valence-corrected chi connectivity index (χ2v) is 14.0. The van der Waals surface area contributed by atoms with Gasteiger partial charge in [0, 0.05) is 24.2 Å². The highest BCUT2D eigenvalue weighted by Crippen LogP contribution is 2.51. The molecule has 3 unspecified atom stereocenters. The number of Topliss-reactive ketones (excluding diaryl/α,β-unsaturated/α-hetero) is 1. The van der Waals surface area contributed by atoms with Crippen LogP contribution in [-0.4, -0.2) is 51.6 Å². The van der Waals surface area contributed by atoms with E-state index in [0.717, 1.165) is 37.5 Å². The maximum Gasteiger partial charge on any atom is 0.286 e. The Balaban J connectivity index is 1.39. The normalized spacial score (nSPS) is 29.7. The van der Waals surface area contributed by atoms with Gasteiger partial charge in [0.25, 0.3) is 10.0 Å². The Bertz CT molecular complexity index is 1560. The molecule has 7 rings (SSSR count). The van der Waals surface area contributed by atoms with E-state index in [9.17, 15) is 26.4 Å². The molecule has 2 heterocycles. The van der Waals surface area contributed by atoms with Crippen LogP contribution in [0.1, 0.15) is 31.2 Å². The summed E-state index contributed by atoms with van der Waals surface area (Å²) in [4.78, 5) is 29.5. The second-order valence-electron chi connectivity index (χ2n) is 10.6. The summed E-state index contributed by atoms with van der Waals surface area (Å²) in [5, 5.41) is 2.92. The first-order valence-corrected chi connectivity index (χ1v) is 16.0. The zero-order chi connectivity index (χ0) is 26.8. The predicted octanol–water partition coefficient (Wildman–Crippen LogP) is 2.60. The van der Waals surface area contributed by atoms with Crippen molar-refractivity contribution in [2.45, 2.75) is 43.2 Å². The average molecular weight is 557 g/mol. The third-order valence-electron chi connectivity index (χ3n) is 8.19. The molecule has 5 aliphatic rings. The Labute approximate surface area is 221 Å². The Kier molecular flexibility index (Phi) is 5.87. The van der Waals surface area contributed by atoms with E-state index in [1.807, 2.05) is 30.3 Å². The number of carbonyl (C=O) groups is 2. The van der Waals surface area contributed by atoms with E-state index in [0.29, 0.717) is 6.54 Å². The molecule has 2 bridgehead atoms. The fourth-order valence-corrected chi connectivity index (χ4v) is 8.43. The lowest BCUT2D eigenvalue weighted by Gasteiger charge is -2.55. The van der Waals surface area contributed by atoms with Crippen LogP contribution in [-0.2, 0) is 36.2 Å². The van der Waals surface area contributed by atoms with Crippen LogP contribution in [0.4, 0.5) is 11.4 Å². The number of nitrogens with zero attached hydrogens (tertiary/aromatic N) is 2. The van der Waals surface area contributed by atoms with Gasteiger partial charge in [-0.2, -0.15) is 8.42 Å². The van der Waals surface area contributed by atoms with Crippen molar-refractivity contribution in [1.82, 2.24) is 4.90 Å². The molecule has 3 atom stereocenters. The van der Waals surface area contributed by atoms with Gasteiger partial charge >= 0.3 is 0 Å². The molecule has 3 saturated carbocycles. The topological polar surface area (TPSA) is 142 Å². The summed E-state index contributed by atoms with van der Waals surface area (Å²) in [6.07, 6.45) is 4.77. The van der Waals surface area contributed by atoms with Gasteiger partial charge in [0.2, 0.25) is 15.9 Å². The molecular formula is C26H28N4O6S2. The SMILES string of the molecule is CS(=O)(=O)Nc1ccc2c(c1)S(=O)(=O)N=C(C1C(=O)C3C4CCC(CC4)C3N(Cc3ccccc3)C1=O)N2. The summed E-state index contributed by atoms with van der Waals surface area (Å²) in [5.74, 6) is -2.21. The van der Waals surface area contributed by atoms with Crippen LogP contribution in [0.2, 0.25) is 0 Å². The van der Waals surface area contributed by atoms with E-state index in [1.54, 1.807) is 4.90 Å². The summed E-state index contributed by atoms with van der Waals surface area (Å²) in [7, 11) is -7.94. The molecule has 2 N–H and O–H groups in total. The number of fused-ring (bicyclic) bond motifs is 3. The van der Waals surface area contributed by atoms with E-state index in [1.165, 1.54) is 18.2 Å². The fraction of sp³-hybridized carbons (Fsp3) is 0.423. The second kappa shape index (κ2) is 8.91. The number of carbonyl (C=O) groups excluding carboxylic acids is 2. The van der Waals surface area contributed by atoms with Crippen molar-refractivity contribution in [3.8, 4) is 0 Å². The Hall–Kier alpha value is -3.25. The van der Waals surface area contributed by atoms with Crippen molar-refractivity contribution in [2.24, 2.45) is 28.1 Å². The quantitative estimate of drug-likeness (QED) is 0.539. The van der Waals surface area contributed by atoms with Crippen LogP contribution in [0.25, 0.3) is 0 Å². The molecule has 2 aliphatic heterocycles. The molecule has 0 aromatic heterocycles. The van der Waals surface area contributed by atoms with E-state index < -0.39 is 31.9 Å². The molecule has 3 aliphatic carbocycles. The molecule has 2 aromatic rings. The lowest BCUT2D eigenvalue weighted by molar-refractivity contribution is -0.162.